The van der Waals surface area contributed by atoms with Crippen molar-refractivity contribution in [2.24, 2.45) is 0 Å². The number of halogens is 3. The fourth-order valence-electron chi connectivity index (χ4n) is 1.89. The second kappa shape index (κ2) is 4.13. The zero-order valence-corrected chi connectivity index (χ0v) is 11.8. The molecule has 3 aromatic rings. The number of benzene rings is 1. The standard InChI is InChI=1S/C12H3BrCl2N3/c13-6-4-17-12-10(11(6)15)9-5(3-16)7(14)1-2-8(9)18-12/h1,4H,(H,17,18). The molecule has 0 spiro atoms. The summed E-state index contributed by atoms with van der Waals surface area (Å²) in [6, 6.07) is 6.62. The molecule has 87 valence electrons. The molecule has 0 unspecified atom stereocenters. The molecule has 0 aliphatic rings. The van der Waals surface area contributed by atoms with Crippen LogP contribution in [0, 0.1) is 17.4 Å². The van der Waals surface area contributed by atoms with Crippen molar-refractivity contribution in [1.29, 1.82) is 5.26 Å². The first kappa shape index (κ1) is 11.8. The molecule has 0 aliphatic carbocycles. The van der Waals surface area contributed by atoms with Crippen molar-refractivity contribution < 1.29 is 0 Å². The van der Waals surface area contributed by atoms with E-state index in [0.717, 1.165) is 0 Å². The highest BCUT2D eigenvalue weighted by Gasteiger charge is 2.16. The van der Waals surface area contributed by atoms with Crippen LogP contribution >= 0.6 is 39.1 Å². The Bertz CT molecular complexity index is 833. The Balaban J connectivity index is 2.67. The van der Waals surface area contributed by atoms with Gasteiger partial charge in [0.05, 0.1) is 25.6 Å². The van der Waals surface area contributed by atoms with Gasteiger partial charge in [-0.2, -0.15) is 5.26 Å². The molecule has 3 nitrogen and oxygen atoms in total. The largest absolute Gasteiger partial charge is 0.339 e. The van der Waals surface area contributed by atoms with Crippen LogP contribution in [0.2, 0.25) is 10.0 Å². The zero-order valence-electron chi connectivity index (χ0n) is 8.68. The van der Waals surface area contributed by atoms with E-state index in [1.165, 1.54) is 0 Å². The lowest BCUT2D eigenvalue weighted by molar-refractivity contribution is 1.33. The van der Waals surface area contributed by atoms with E-state index in [1.807, 2.05) is 0 Å². The van der Waals surface area contributed by atoms with Crippen molar-refractivity contribution in [3.05, 3.63) is 38.4 Å². The first-order valence-corrected chi connectivity index (χ1v) is 6.44. The maximum Gasteiger partial charge on any atom is 0.139 e. The highest BCUT2D eigenvalue weighted by Crippen LogP contribution is 2.37. The van der Waals surface area contributed by atoms with Gasteiger partial charge in [-0.1, -0.05) is 23.2 Å². The predicted molar refractivity (Wildman–Crippen MR) is 74.9 cm³/mol. The Morgan fingerprint density at radius 1 is 1.39 bits per heavy atom. The molecule has 2 aromatic heterocycles. The molecule has 0 saturated heterocycles. The quantitative estimate of drug-likeness (QED) is 0.657. The number of rotatable bonds is 0. The molecule has 0 saturated carbocycles. The number of nitrogens with one attached hydrogen (secondary N) is 1. The van der Waals surface area contributed by atoms with Crippen LogP contribution in [0.15, 0.2) is 16.7 Å². The normalized spacial score (nSPS) is 11.0. The molecule has 0 atom stereocenters. The van der Waals surface area contributed by atoms with Crippen LogP contribution in [0.4, 0.5) is 0 Å². The van der Waals surface area contributed by atoms with Gasteiger partial charge >= 0.3 is 0 Å². The van der Waals surface area contributed by atoms with Crippen LogP contribution < -0.4 is 0 Å². The number of nitriles is 1. The lowest BCUT2D eigenvalue weighted by Crippen LogP contribution is -1.81. The Kier molecular flexibility index (Phi) is 2.70. The number of pyridine rings is 1. The molecule has 2 heterocycles. The van der Waals surface area contributed by atoms with Crippen LogP contribution in [-0.4, -0.2) is 9.97 Å². The maximum absolute atomic E-state index is 9.22. The van der Waals surface area contributed by atoms with Gasteiger partial charge in [0.25, 0.3) is 0 Å². The van der Waals surface area contributed by atoms with Gasteiger partial charge in [0.1, 0.15) is 11.7 Å². The number of H-pyrrole nitrogens is 1. The average molecular weight is 340 g/mol. The van der Waals surface area contributed by atoms with Crippen molar-refractivity contribution >= 4 is 61.1 Å². The molecular formula is C12H3BrCl2N3. The Morgan fingerprint density at radius 3 is 2.89 bits per heavy atom. The summed E-state index contributed by atoms with van der Waals surface area (Å²) in [5.41, 5.74) is 1.64. The third kappa shape index (κ3) is 1.52. The van der Waals surface area contributed by atoms with Gasteiger partial charge in [-0.15, -0.1) is 0 Å². The predicted octanol–water partition coefficient (Wildman–Crippen LogP) is 4.46. The van der Waals surface area contributed by atoms with Crippen LogP contribution in [0.5, 0.6) is 0 Å². The summed E-state index contributed by atoms with van der Waals surface area (Å²) >= 11 is 15.6. The maximum atomic E-state index is 9.22. The Hall–Kier alpha value is -1.28. The number of aromatic nitrogens is 2. The van der Waals surface area contributed by atoms with Crippen molar-refractivity contribution in [3.8, 4) is 6.07 Å². The minimum Gasteiger partial charge on any atom is -0.339 e. The topological polar surface area (TPSA) is 52.5 Å². The lowest BCUT2D eigenvalue weighted by Gasteiger charge is -2.00. The van der Waals surface area contributed by atoms with E-state index in [-0.39, 0.29) is 0 Å². The molecule has 6 heteroatoms. The number of hydrogen-bond acceptors (Lipinski definition) is 2. The van der Waals surface area contributed by atoms with Crippen molar-refractivity contribution in [2.45, 2.75) is 0 Å². The van der Waals surface area contributed by atoms with Crippen LogP contribution in [-0.2, 0) is 0 Å². The van der Waals surface area contributed by atoms with Gasteiger partial charge in [0.15, 0.2) is 0 Å². The molecule has 0 fully saturated rings. The highest BCUT2D eigenvalue weighted by molar-refractivity contribution is 9.10. The molecule has 0 aliphatic heterocycles. The Labute approximate surface area is 120 Å². The first-order chi connectivity index (χ1) is 8.63. The first-order valence-electron chi connectivity index (χ1n) is 4.89. The minimum atomic E-state index is 0.349. The zero-order chi connectivity index (χ0) is 12.9. The van der Waals surface area contributed by atoms with E-state index in [1.54, 1.807) is 12.3 Å². The van der Waals surface area contributed by atoms with Crippen LogP contribution in [0.25, 0.3) is 21.9 Å². The molecule has 1 radical (unpaired) electrons. The molecule has 0 bridgehead atoms. The van der Waals surface area contributed by atoms with Crippen molar-refractivity contribution in [2.75, 3.05) is 0 Å². The van der Waals surface area contributed by atoms with E-state index in [2.05, 4.69) is 38.0 Å². The van der Waals surface area contributed by atoms with E-state index in [9.17, 15) is 5.26 Å². The number of hydrogen-bond donors (Lipinski definition) is 1. The second-order valence-corrected chi connectivity index (χ2v) is 5.28. The van der Waals surface area contributed by atoms with Crippen LogP contribution in [0.3, 0.4) is 0 Å². The molecule has 3 rings (SSSR count). The van der Waals surface area contributed by atoms with Crippen LogP contribution in [0.1, 0.15) is 5.56 Å². The fourth-order valence-corrected chi connectivity index (χ4v) is 2.61. The van der Waals surface area contributed by atoms with Crippen molar-refractivity contribution in [1.82, 2.24) is 9.97 Å². The summed E-state index contributed by atoms with van der Waals surface area (Å²) < 4.78 is 0.668. The van der Waals surface area contributed by atoms with Gasteiger partial charge in [-0.05, 0) is 22.0 Å². The summed E-state index contributed by atoms with van der Waals surface area (Å²) in [6.45, 7) is 0. The summed E-state index contributed by atoms with van der Waals surface area (Å²) in [6.07, 6.45) is 1.60. The summed E-state index contributed by atoms with van der Waals surface area (Å²) in [7, 11) is 0. The monoisotopic (exact) mass is 338 g/mol. The third-order valence-electron chi connectivity index (χ3n) is 2.66. The average Bonchev–Trinajstić information content (AvgIpc) is 2.73. The van der Waals surface area contributed by atoms with Crippen molar-refractivity contribution in [3.63, 3.8) is 0 Å². The molecule has 18 heavy (non-hydrogen) atoms. The van der Waals surface area contributed by atoms with Gasteiger partial charge < -0.3 is 4.98 Å². The third-order valence-corrected chi connectivity index (χ3v) is 4.18. The molecular weight excluding hydrogens is 337 g/mol. The van der Waals surface area contributed by atoms with Gasteiger partial charge in [0.2, 0.25) is 0 Å². The second-order valence-electron chi connectivity index (χ2n) is 3.64. The summed E-state index contributed by atoms with van der Waals surface area (Å²) in [5, 5.41) is 11.4. The molecule has 1 aromatic carbocycles. The molecule has 0 amide bonds. The molecule has 1 N–H and O–H groups in total. The number of nitrogens with zero attached hydrogens (tertiary/aromatic N) is 2. The highest BCUT2D eigenvalue weighted by atomic mass is 79.9. The number of fused-ring (bicyclic) bond motifs is 3. The van der Waals surface area contributed by atoms with E-state index >= 15 is 0 Å². The fraction of sp³-hybridized carbons (Fsp3) is 0. The smallest absolute Gasteiger partial charge is 0.139 e. The summed E-state index contributed by atoms with van der Waals surface area (Å²) in [5.74, 6) is 0. The summed E-state index contributed by atoms with van der Waals surface area (Å²) in [4.78, 5) is 7.29. The van der Waals surface area contributed by atoms with E-state index < -0.39 is 0 Å². The van der Waals surface area contributed by atoms with Gasteiger partial charge in [-0.25, -0.2) is 4.98 Å². The SMILES string of the molecule is N#Cc1c(Cl)c[c]c2[nH]c3ncc(Br)c(Cl)c3c12. The number of aromatic amines is 1. The van der Waals surface area contributed by atoms with Gasteiger partial charge in [-0.3, -0.25) is 0 Å². The van der Waals surface area contributed by atoms with E-state index in [0.29, 0.717) is 42.0 Å². The lowest BCUT2D eigenvalue weighted by atomic mass is 10.1. The minimum absolute atomic E-state index is 0.349. The van der Waals surface area contributed by atoms with Gasteiger partial charge in [0, 0.05) is 23.0 Å². The van der Waals surface area contributed by atoms with E-state index in [4.69, 9.17) is 23.2 Å². The Morgan fingerprint density at radius 2 is 2.17 bits per heavy atom.